The lowest BCUT2D eigenvalue weighted by atomic mass is 9.90. The number of hydrogen-bond donors (Lipinski definition) is 0. The van der Waals surface area contributed by atoms with Gasteiger partial charge in [0.2, 0.25) is 10.0 Å². The van der Waals surface area contributed by atoms with E-state index in [-0.39, 0.29) is 11.3 Å². The molecule has 0 bridgehead atoms. The topological polar surface area (TPSA) is 40.6 Å². The zero-order chi connectivity index (χ0) is 17.5. The maximum Gasteiger partial charge on any atom is 0.217 e. The van der Waals surface area contributed by atoms with Gasteiger partial charge in [-0.05, 0) is 43.7 Å². The molecule has 1 saturated carbocycles. The zero-order valence-electron chi connectivity index (χ0n) is 15.3. The summed E-state index contributed by atoms with van der Waals surface area (Å²) in [6.45, 7) is 10.8. The van der Waals surface area contributed by atoms with E-state index in [1.54, 1.807) is 4.31 Å². The molecular formula is C19H30N2O2S. The molecule has 0 N–H and O–H groups in total. The van der Waals surface area contributed by atoms with Gasteiger partial charge in [-0.2, -0.15) is 4.31 Å². The summed E-state index contributed by atoms with van der Waals surface area (Å²) in [7, 11) is -3.11. The first-order valence-electron chi connectivity index (χ1n) is 9.16. The summed E-state index contributed by atoms with van der Waals surface area (Å²) in [5, 5.41) is -0.121. The lowest BCUT2D eigenvalue weighted by molar-refractivity contribution is 0.0866. The summed E-state index contributed by atoms with van der Waals surface area (Å²) in [6, 6.07) is 9.08. The summed E-state index contributed by atoms with van der Waals surface area (Å²) in [5.41, 5.74) is 2.62. The molecule has 1 aliphatic heterocycles. The van der Waals surface area contributed by atoms with Crippen molar-refractivity contribution in [1.82, 2.24) is 9.21 Å². The molecule has 5 heteroatoms. The van der Waals surface area contributed by atoms with Crippen LogP contribution in [0.25, 0.3) is 0 Å². The minimum atomic E-state index is -3.11. The Morgan fingerprint density at radius 2 is 1.71 bits per heavy atom. The van der Waals surface area contributed by atoms with Crippen molar-refractivity contribution in [3.63, 3.8) is 0 Å². The number of sulfonamides is 1. The molecule has 1 aromatic rings. The summed E-state index contributed by atoms with van der Waals surface area (Å²) < 4.78 is 27.2. The molecule has 3 rings (SSSR count). The van der Waals surface area contributed by atoms with Crippen LogP contribution >= 0.6 is 0 Å². The molecule has 2 fully saturated rings. The molecule has 134 valence electrons. The molecule has 2 aliphatic rings. The number of rotatable bonds is 5. The summed E-state index contributed by atoms with van der Waals surface area (Å²) in [4.78, 5) is 2.46. The normalized spacial score (nSPS) is 24.0. The van der Waals surface area contributed by atoms with Crippen LogP contribution in [0.2, 0.25) is 0 Å². The fourth-order valence-electron chi connectivity index (χ4n) is 3.81. The first-order chi connectivity index (χ1) is 11.3. The van der Waals surface area contributed by atoms with E-state index in [0.717, 1.165) is 19.4 Å². The fourth-order valence-corrected chi connectivity index (χ4v) is 5.65. The van der Waals surface area contributed by atoms with Crippen LogP contribution in [0.1, 0.15) is 63.6 Å². The maximum absolute atomic E-state index is 12.7. The van der Waals surface area contributed by atoms with E-state index in [1.165, 1.54) is 11.1 Å². The maximum atomic E-state index is 12.7. The second kappa shape index (κ2) is 6.77. The Morgan fingerprint density at radius 1 is 1.04 bits per heavy atom. The third kappa shape index (κ3) is 3.39. The van der Waals surface area contributed by atoms with Gasteiger partial charge >= 0.3 is 0 Å². The largest absolute Gasteiger partial charge is 0.291 e. The molecule has 1 aromatic carbocycles. The molecule has 4 nitrogen and oxygen atoms in total. The van der Waals surface area contributed by atoms with E-state index < -0.39 is 10.0 Å². The van der Waals surface area contributed by atoms with Crippen molar-refractivity contribution in [2.75, 3.05) is 19.6 Å². The Labute approximate surface area is 146 Å². The average molecular weight is 351 g/mol. The molecule has 1 saturated heterocycles. The smallest absolute Gasteiger partial charge is 0.217 e. The molecule has 1 aliphatic carbocycles. The van der Waals surface area contributed by atoms with Gasteiger partial charge in [0.1, 0.15) is 0 Å². The van der Waals surface area contributed by atoms with E-state index in [4.69, 9.17) is 0 Å². The zero-order valence-corrected chi connectivity index (χ0v) is 16.1. The number of benzene rings is 1. The van der Waals surface area contributed by atoms with Crippen LogP contribution in [0.5, 0.6) is 0 Å². The minimum absolute atomic E-state index is 0.121. The highest BCUT2D eigenvalue weighted by molar-refractivity contribution is 7.90. The second-order valence-corrected chi connectivity index (χ2v) is 9.95. The Balaban J connectivity index is 1.95. The van der Waals surface area contributed by atoms with Crippen molar-refractivity contribution in [2.45, 2.75) is 63.8 Å². The van der Waals surface area contributed by atoms with Crippen LogP contribution in [0, 0.1) is 0 Å². The van der Waals surface area contributed by atoms with E-state index in [2.05, 4.69) is 56.9 Å². The van der Waals surface area contributed by atoms with Gasteiger partial charge in [-0.15, -0.1) is 0 Å². The van der Waals surface area contributed by atoms with Gasteiger partial charge < -0.3 is 0 Å². The van der Waals surface area contributed by atoms with Gasteiger partial charge in [0.05, 0.1) is 5.25 Å². The summed E-state index contributed by atoms with van der Waals surface area (Å²) >= 11 is 0. The van der Waals surface area contributed by atoms with Crippen LogP contribution in [-0.4, -0.2) is 48.5 Å². The van der Waals surface area contributed by atoms with E-state index >= 15 is 0 Å². The van der Waals surface area contributed by atoms with E-state index in [0.29, 0.717) is 25.0 Å². The molecule has 1 atom stereocenters. The highest BCUT2D eigenvalue weighted by Crippen LogP contribution is 2.37. The lowest BCUT2D eigenvalue weighted by Gasteiger charge is -2.44. The van der Waals surface area contributed by atoms with Gasteiger partial charge in [0.25, 0.3) is 0 Å². The van der Waals surface area contributed by atoms with Gasteiger partial charge in [0, 0.05) is 31.7 Å². The van der Waals surface area contributed by atoms with Crippen LogP contribution in [0.15, 0.2) is 24.3 Å². The Morgan fingerprint density at radius 3 is 2.29 bits per heavy atom. The van der Waals surface area contributed by atoms with Crippen molar-refractivity contribution in [3.8, 4) is 0 Å². The van der Waals surface area contributed by atoms with Crippen molar-refractivity contribution in [2.24, 2.45) is 0 Å². The van der Waals surface area contributed by atoms with Crippen molar-refractivity contribution >= 4 is 10.0 Å². The first kappa shape index (κ1) is 17.9. The van der Waals surface area contributed by atoms with Crippen molar-refractivity contribution in [1.29, 1.82) is 0 Å². The molecule has 0 amide bonds. The van der Waals surface area contributed by atoms with Crippen LogP contribution < -0.4 is 0 Å². The van der Waals surface area contributed by atoms with E-state index in [1.807, 2.05) is 0 Å². The van der Waals surface area contributed by atoms with Crippen LogP contribution in [0.4, 0.5) is 0 Å². The number of hydrogen-bond acceptors (Lipinski definition) is 3. The average Bonchev–Trinajstić information content (AvgIpc) is 3.39. The molecule has 0 aromatic heterocycles. The van der Waals surface area contributed by atoms with Crippen molar-refractivity contribution < 1.29 is 8.42 Å². The summed E-state index contributed by atoms with van der Waals surface area (Å²) in [5.74, 6) is 0.436. The molecule has 0 spiro atoms. The van der Waals surface area contributed by atoms with Crippen molar-refractivity contribution in [3.05, 3.63) is 35.4 Å². The lowest BCUT2D eigenvalue weighted by Crippen LogP contribution is -2.53. The highest BCUT2D eigenvalue weighted by Gasteiger charge is 2.43. The molecule has 24 heavy (non-hydrogen) atoms. The minimum Gasteiger partial charge on any atom is -0.291 e. The van der Waals surface area contributed by atoms with Gasteiger partial charge in [-0.25, -0.2) is 8.42 Å². The van der Waals surface area contributed by atoms with Gasteiger partial charge in [0.15, 0.2) is 0 Å². The monoisotopic (exact) mass is 350 g/mol. The molecule has 1 heterocycles. The molecule has 1 unspecified atom stereocenters. The Kier molecular flexibility index (Phi) is 5.05. The Bertz CT molecular complexity index is 680. The summed E-state index contributed by atoms with van der Waals surface area (Å²) in [6.07, 6.45) is 1.67. The highest BCUT2D eigenvalue weighted by atomic mass is 32.2. The quantitative estimate of drug-likeness (QED) is 0.817. The molecule has 0 radical (unpaired) electrons. The van der Waals surface area contributed by atoms with E-state index in [9.17, 15) is 8.42 Å². The van der Waals surface area contributed by atoms with Crippen LogP contribution in [-0.2, 0) is 10.0 Å². The second-order valence-electron chi connectivity index (χ2n) is 7.73. The van der Waals surface area contributed by atoms with Gasteiger partial charge in [-0.1, -0.05) is 38.1 Å². The van der Waals surface area contributed by atoms with Crippen LogP contribution in [0.3, 0.4) is 0 Å². The predicted molar refractivity (Wildman–Crippen MR) is 98.6 cm³/mol. The fraction of sp³-hybridized carbons (Fsp3) is 0.684. The SMILES string of the molecule is CC(C)c1ccccc1C1CN(S(=O)(=O)C2CC2)CCN1C(C)C. The Hall–Kier alpha value is -0.910. The first-order valence-corrected chi connectivity index (χ1v) is 10.7. The predicted octanol–water partition coefficient (Wildman–Crippen LogP) is 3.37. The third-order valence-electron chi connectivity index (χ3n) is 5.33. The molecular weight excluding hydrogens is 320 g/mol. The standard InChI is InChI=1S/C19H30N2O2S/c1-14(2)17-7-5-6-8-18(17)19-13-20(11-12-21(19)15(3)4)24(22,23)16-9-10-16/h5-8,14-16,19H,9-13H2,1-4H3. The van der Waals surface area contributed by atoms with Gasteiger partial charge in [-0.3, -0.25) is 4.90 Å². The third-order valence-corrected chi connectivity index (χ3v) is 7.70. The number of piperazine rings is 1. The number of nitrogens with zero attached hydrogens (tertiary/aromatic N) is 2.